The molecule has 120 valence electrons. The Labute approximate surface area is 129 Å². The molecule has 0 aliphatic carbocycles. The van der Waals surface area contributed by atoms with Crippen molar-refractivity contribution < 1.29 is 8.42 Å². The zero-order valence-electron chi connectivity index (χ0n) is 12.4. The molecule has 2 aromatic rings. The lowest BCUT2D eigenvalue weighted by atomic mass is 10.4. The summed E-state index contributed by atoms with van der Waals surface area (Å²) in [7, 11) is -3.55. The van der Waals surface area contributed by atoms with Crippen LogP contribution in [0.2, 0.25) is 0 Å². The van der Waals surface area contributed by atoms with E-state index in [1.54, 1.807) is 13.0 Å². The van der Waals surface area contributed by atoms with Crippen LogP contribution in [0.4, 0.5) is 11.6 Å². The third-order valence-electron chi connectivity index (χ3n) is 2.68. The monoisotopic (exact) mass is 325 g/mol. The summed E-state index contributed by atoms with van der Waals surface area (Å²) in [4.78, 5) is 14.7. The Morgan fingerprint density at radius 3 is 2.55 bits per heavy atom. The Morgan fingerprint density at radius 1 is 1.18 bits per heavy atom. The summed E-state index contributed by atoms with van der Waals surface area (Å²) in [5.74, 6) is 2.01. The normalized spacial score (nSPS) is 11.4. The molecule has 10 heteroatoms. The molecular formula is C12H19N7O2S. The molecule has 0 aromatic carbocycles. The lowest BCUT2D eigenvalue weighted by Gasteiger charge is -2.09. The standard InChI is InChI=1S/C12H19N7O2S/c1-3-14-10-6-11(19-9(2)18-10)15-4-5-17-22(20,21)12-7-13-8-16-12/h6-8,17H,3-5H2,1-2H3,(H,13,16)(H2,14,15,18,19). The van der Waals surface area contributed by atoms with E-state index in [9.17, 15) is 8.42 Å². The number of imidazole rings is 1. The van der Waals surface area contributed by atoms with Crippen LogP contribution in [0.1, 0.15) is 12.7 Å². The number of H-pyrrole nitrogens is 1. The first-order chi connectivity index (χ1) is 10.5. The smallest absolute Gasteiger partial charge is 0.257 e. The number of anilines is 2. The molecule has 22 heavy (non-hydrogen) atoms. The summed E-state index contributed by atoms with van der Waals surface area (Å²) < 4.78 is 26.2. The van der Waals surface area contributed by atoms with Crippen LogP contribution in [0.25, 0.3) is 0 Å². The van der Waals surface area contributed by atoms with E-state index in [-0.39, 0.29) is 11.6 Å². The molecule has 0 atom stereocenters. The number of aromatic amines is 1. The molecule has 0 aliphatic heterocycles. The maximum Gasteiger partial charge on any atom is 0.257 e. The van der Waals surface area contributed by atoms with Crippen LogP contribution in [0.5, 0.6) is 0 Å². The van der Waals surface area contributed by atoms with Gasteiger partial charge in [-0.2, -0.15) is 0 Å². The molecule has 2 aromatic heterocycles. The van der Waals surface area contributed by atoms with Gasteiger partial charge in [-0.1, -0.05) is 0 Å². The molecule has 0 saturated heterocycles. The van der Waals surface area contributed by atoms with E-state index < -0.39 is 10.0 Å². The van der Waals surface area contributed by atoms with Crippen molar-refractivity contribution in [3.8, 4) is 0 Å². The minimum absolute atomic E-state index is 0.0415. The van der Waals surface area contributed by atoms with E-state index in [2.05, 4.69) is 35.3 Å². The van der Waals surface area contributed by atoms with E-state index in [0.29, 0.717) is 18.2 Å². The lowest BCUT2D eigenvalue weighted by molar-refractivity contribution is 0.579. The Hall–Kier alpha value is -2.20. The second-order valence-electron chi connectivity index (χ2n) is 4.46. The fourth-order valence-electron chi connectivity index (χ4n) is 1.77. The second-order valence-corrected chi connectivity index (χ2v) is 6.19. The highest BCUT2D eigenvalue weighted by molar-refractivity contribution is 7.89. The van der Waals surface area contributed by atoms with Gasteiger partial charge in [-0.05, 0) is 13.8 Å². The van der Waals surface area contributed by atoms with Gasteiger partial charge in [0.05, 0.1) is 12.5 Å². The molecule has 0 fully saturated rings. The predicted octanol–water partition coefficient (Wildman–Crippen LogP) is 0.330. The third kappa shape index (κ3) is 4.40. The predicted molar refractivity (Wildman–Crippen MR) is 83.2 cm³/mol. The molecule has 0 radical (unpaired) electrons. The van der Waals surface area contributed by atoms with Crippen LogP contribution in [0.15, 0.2) is 23.6 Å². The summed E-state index contributed by atoms with van der Waals surface area (Å²) in [5.41, 5.74) is 0. The largest absolute Gasteiger partial charge is 0.370 e. The summed E-state index contributed by atoms with van der Waals surface area (Å²) in [6.45, 7) is 5.16. The highest BCUT2D eigenvalue weighted by Crippen LogP contribution is 2.10. The fraction of sp³-hybridized carbons (Fsp3) is 0.417. The first-order valence-corrected chi connectivity index (χ1v) is 8.31. The van der Waals surface area contributed by atoms with Crippen LogP contribution in [0, 0.1) is 6.92 Å². The Kier molecular flexibility index (Phi) is 5.28. The van der Waals surface area contributed by atoms with E-state index in [1.807, 2.05) is 6.92 Å². The number of hydrogen-bond donors (Lipinski definition) is 4. The Bertz CT molecular complexity index is 700. The molecule has 0 aliphatic rings. The van der Waals surface area contributed by atoms with Gasteiger partial charge in [0, 0.05) is 25.7 Å². The molecule has 4 N–H and O–H groups in total. The van der Waals surface area contributed by atoms with Crippen molar-refractivity contribution in [1.29, 1.82) is 0 Å². The zero-order valence-corrected chi connectivity index (χ0v) is 13.2. The minimum Gasteiger partial charge on any atom is -0.370 e. The van der Waals surface area contributed by atoms with Crippen LogP contribution in [0.3, 0.4) is 0 Å². The number of aryl methyl sites for hydroxylation is 1. The van der Waals surface area contributed by atoms with Crippen molar-refractivity contribution in [2.75, 3.05) is 30.3 Å². The Morgan fingerprint density at radius 2 is 1.91 bits per heavy atom. The molecule has 0 saturated carbocycles. The number of sulfonamides is 1. The minimum atomic E-state index is -3.55. The maximum atomic E-state index is 11.9. The summed E-state index contributed by atoms with van der Waals surface area (Å²) >= 11 is 0. The first kappa shape index (κ1) is 16.2. The lowest BCUT2D eigenvalue weighted by Crippen LogP contribution is -2.29. The molecule has 0 bridgehead atoms. The van der Waals surface area contributed by atoms with Gasteiger partial charge in [-0.15, -0.1) is 0 Å². The molecule has 0 unspecified atom stereocenters. The number of aromatic nitrogens is 4. The van der Waals surface area contributed by atoms with Gasteiger partial charge in [-0.3, -0.25) is 0 Å². The van der Waals surface area contributed by atoms with Gasteiger partial charge in [0.25, 0.3) is 10.0 Å². The number of nitrogens with one attached hydrogen (secondary N) is 4. The van der Waals surface area contributed by atoms with Gasteiger partial charge in [0.1, 0.15) is 17.5 Å². The van der Waals surface area contributed by atoms with Crippen LogP contribution in [-0.4, -0.2) is 48.0 Å². The van der Waals surface area contributed by atoms with Crippen molar-refractivity contribution in [3.05, 3.63) is 24.4 Å². The van der Waals surface area contributed by atoms with Gasteiger partial charge >= 0.3 is 0 Å². The molecule has 9 nitrogen and oxygen atoms in total. The van der Waals surface area contributed by atoms with Crippen molar-refractivity contribution in [3.63, 3.8) is 0 Å². The molecular weight excluding hydrogens is 306 g/mol. The maximum absolute atomic E-state index is 11.9. The highest BCUT2D eigenvalue weighted by Gasteiger charge is 2.14. The van der Waals surface area contributed by atoms with Crippen molar-refractivity contribution in [1.82, 2.24) is 24.7 Å². The van der Waals surface area contributed by atoms with Gasteiger partial charge in [0.2, 0.25) is 0 Å². The average Bonchev–Trinajstić information content (AvgIpc) is 2.98. The van der Waals surface area contributed by atoms with Crippen LogP contribution in [-0.2, 0) is 10.0 Å². The molecule has 0 amide bonds. The number of hydrogen-bond acceptors (Lipinski definition) is 7. The van der Waals surface area contributed by atoms with Crippen molar-refractivity contribution in [2.24, 2.45) is 0 Å². The highest BCUT2D eigenvalue weighted by atomic mass is 32.2. The van der Waals surface area contributed by atoms with Gasteiger partial charge < -0.3 is 15.6 Å². The average molecular weight is 325 g/mol. The third-order valence-corrected chi connectivity index (χ3v) is 4.07. The second kappa shape index (κ2) is 7.18. The topological polar surface area (TPSA) is 125 Å². The van der Waals surface area contributed by atoms with E-state index in [1.165, 1.54) is 12.5 Å². The van der Waals surface area contributed by atoms with Crippen molar-refractivity contribution in [2.45, 2.75) is 18.9 Å². The number of rotatable bonds is 8. The molecule has 2 rings (SSSR count). The van der Waals surface area contributed by atoms with Gasteiger partial charge in [0.15, 0.2) is 5.03 Å². The van der Waals surface area contributed by atoms with E-state index in [4.69, 9.17) is 0 Å². The summed E-state index contributed by atoms with van der Waals surface area (Å²) in [6, 6.07) is 1.78. The van der Waals surface area contributed by atoms with Crippen LogP contribution >= 0.6 is 0 Å². The summed E-state index contributed by atoms with van der Waals surface area (Å²) in [6.07, 6.45) is 2.57. The van der Waals surface area contributed by atoms with E-state index in [0.717, 1.165) is 12.4 Å². The SMILES string of the molecule is CCNc1cc(NCCNS(=O)(=O)c2cnc[nH]2)nc(C)n1. The van der Waals surface area contributed by atoms with Crippen molar-refractivity contribution >= 4 is 21.7 Å². The number of nitrogens with zero attached hydrogens (tertiary/aromatic N) is 3. The molecule has 0 spiro atoms. The fourth-order valence-corrected chi connectivity index (χ4v) is 2.71. The first-order valence-electron chi connectivity index (χ1n) is 6.82. The zero-order chi connectivity index (χ0) is 16.0. The summed E-state index contributed by atoms with van der Waals surface area (Å²) in [5, 5.41) is 6.21. The Balaban J connectivity index is 1.86. The quantitative estimate of drug-likeness (QED) is 0.515. The van der Waals surface area contributed by atoms with Gasteiger partial charge in [-0.25, -0.2) is 28.1 Å². The molecule has 2 heterocycles. The van der Waals surface area contributed by atoms with E-state index >= 15 is 0 Å². The van der Waals surface area contributed by atoms with Crippen LogP contribution < -0.4 is 15.4 Å².